The largest absolute Gasteiger partial charge is 0.489 e. The smallest absolute Gasteiger partial charge is 0.338 e. The highest BCUT2D eigenvalue weighted by Gasteiger charge is 2.30. The number of fused-ring (bicyclic) bond motifs is 2. The first-order valence-electron chi connectivity index (χ1n) is 12.2. The number of benzene rings is 4. The Balaban J connectivity index is 1.39. The molecule has 178 valence electrons. The molecule has 0 aliphatic carbocycles. The number of methoxy groups -OCH3 is 1. The Kier molecular flexibility index (Phi) is 6.56. The van der Waals surface area contributed by atoms with Crippen LogP contribution in [0.4, 0.5) is 0 Å². The first-order chi connectivity index (χ1) is 17.0. The lowest BCUT2D eigenvalue weighted by molar-refractivity contribution is 0.0599. The van der Waals surface area contributed by atoms with Crippen LogP contribution in [-0.2, 0) is 4.74 Å². The van der Waals surface area contributed by atoms with Crippen molar-refractivity contribution in [3.05, 3.63) is 113 Å². The lowest BCUT2D eigenvalue weighted by Crippen LogP contribution is -2.37. The summed E-state index contributed by atoms with van der Waals surface area (Å²) in [4.78, 5) is 12.3. The molecule has 3 atom stereocenters. The zero-order valence-electron chi connectivity index (χ0n) is 20.5. The summed E-state index contributed by atoms with van der Waals surface area (Å²) < 4.78 is 11.4. The van der Waals surface area contributed by atoms with Gasteiger partial charge in [0.15, 0.2) is 0 Å². The summed E-state index contributed by atoms with van der Waals surface area (Å²) in [7, 11) is 1.43. The van der Waals surface area contributed by atoms with Crippen molar-refractivity contribution in [3.8, 4) is 5.75 Å². The minimum absolute atomic E-state index is 0.00945. The van der Waals surface area contributed by atoms with E-state index in [4.69, 9.17) is 9.47 Å². The Bertz CT molecular complexity index is 1360. The number of hydrogen-bond acceptors (Lipinski definition) is 4. The molecule has 0 amide bonds. The monoisotopic (exact) mass is 465 g/mol. The summed E-state index contributed by atoms with van der Waals surface area (Å²) in [5.41, 5.74) is 5.10. The molecule has 1 N–H and O–H groups in total. The SMILES string of the molecule is COC(=O)c1cc([C@H]2C[C@@H](CN[C@H](C)c3cccc4ccccc34)Oc3ccccc32)ccc1C. The second kappa shape index (κ2) is 9.93. The van der Waals surface area contributed by atoms with Gasteiger partial charge in [0.25, 0.3) is 0 Å². The molecule has 0 bridgehead atoms. The lowest BCUT2D eigenvalue weighted by Gasteiger charge is -2.33. The van der Waals surface area contributed by atoms with Crippen molar-refractivity contribution in [1.82, 2.24) is 5.32 Å². The molecule has 5 rings (SSSR count). The number of rotatable bonds is 6. The normalized spacial score (nSPS) is 17.9. The number of para-hydroxylation sites is 1. The van der Waals surface area contributed by atoms with Crippen molar-refractivity contribution >= 4 is 16.7 Å². The van der Waals surface area contributed by atoms with Crippen LogP contribution < -0.4 is 10.1 Å². The standard InChI is InChI=1S/C31H31NO3/c1-20-15-16-23(17-28(20)31(33)34-3)29-18-24(35-30-14-7-6-12-27(29)30)19-32-21(2)25-13-8-10-22-9-4-5-11-26(22)25/h4-17,21,24,29,32H,18-19H2,1-3H3/t21-,24+,29-/m1/s1. The average Bonchev–Trinajstić information content (AvgIpc) is 2.90. The third-order valence-corrected chi connectivity index (χ3v) is 7.10. The highest BCUT2D eigenvalue weighted by molar-refractivity contribution is 5.91. The fourth-order valence-electron chi connectivity index (χ4n) is 5.17. The van der Waals surface area contributed by atoms with E-state index < -0.39 is 0 Å². The van der Waals surface area contributed by atoms with Crippen LogP contribution in [0, 0.1) is 6.92 Å². The minimum atomic E-state index is -0.299. The highest BCUT2D eigenvalue weighted by Crippen LogP contribution is 2.41. The van der Waals surface area contributed by atoms with Crippen LogP contribution in [0.25, 0.3) is 10.8 Å². The quantitative estimate of drug-likeness (QED) is 0.327. The molecule has 0 fully saturated rings. The van der Waals surface area contributed by atoms with Crippen LogP contribution in [0.15, 0.2) is 84.9 Å². The molecular weight excluding hydrogens is 434 g/mol. The van der Waals surface area contributed by atoms with Gasteiger partial charge in [0.1, 0.15) is 11.9 Å². The van der Waals surface area contributed by atoms with Crippen LogP contribution in [0.3, 0.4) is 0 Å². The topological polar surface area (TPSA) is 47.6 Å². The van der Waals surface area contributed by atoms with Gasteiger partial charge >= 0.3 is 5.97 Å². The Morgan fingerprint density at radius 1 is 1.03 bits per heavy atom. The first kappa shape index (κ1) is 23.1. The predicted molar refractivity (Wildman–Crippen MR) is 140 cm³/mol. The summed E-state index contributed by atoms with van der Waals surface area (Å²) in [6.45, 7) is 4.87. The fraction of sp³-hybridized carbons (Fsp3) is 0.258. The van der Waals surface area contributed by atoms with Crippen molar-refractivity contribution in [2.24, 2.45) is 0 Å². The molecule has 0 saturated carbocycles. The molecule has 4 aromatic rings. The first-order valence-corrected chi connectivity index (χ1v) is 12.2. The predicted octanol–water partition coefficient (Wildman–Crippen LogP) is 6.57. The lowest BCUT2D eigenvalue weighted by atomic mass is 9.83. The van der Waals surface area contributed by atoms with E-state index in [0.717, 1.165) is 35.4 Å². The third kappa shape index (κ3) is 4.67. The van der Waals surface area contributed by atoms with E-state index in [-0.39, 0.29) is 24.0 Å². The average molecular weight is 466 g/mol. The number of carbonyl (C=O) groups excluding carboxylic acids is 1. The molecule has 4 nitrogen and oxygen atoms in total. The van der Waals surface area contributed by atoms with Crippen molar-refractivity contribution < 1.29 is 14.3 Å². The van der Waals surface area contributed by atoms with Crippen LogP contribution in [0.5, 0.6) is 5.75 Å². The summed E-state index contributed by atoms with van der Waals surface area (Å²) in [6.07, 6.45) is 0.839. The number of hydrogen-bond donors (Lipinski definition) is 1. The molecule has 4 heteroatoms. The molecule has 1 aliphatic heterocycles. The molecule has 0 spiro atoms. The molecule has 1 aliphatic rings. The number of esters is 1. The van der Waals surface area contributed by atoms with Gasteiger partial charge in [0.2, 0.25) is 0 Å². The minimum Gasteiger partial charge on any atom is -0.489 e. The van der Waals surface area contributed by atoms with Crippen LogP contribution in [0.1, 0.15) is 57.9 Å². The second-order valence-electron chi connectivity index (χ2n) is 9.33. The van der Waals surface area contributed by atoms with E-state index in [1.165, 1.54) is 23.4 Å². The van der Waals surface area contributed by atoms with Crippen molar-refractivity contribution in [3.63, 3.8) is 0 Å². The number of nitrogens with one attached hydrogen (secondary N) is 1. The number of ether oxygens (including phenoxy) is 2. The van der Waals surface area contributed by atoms with Crippen LogP contribution in [-0.4, -0.2) is 25.7 Å². The van der Waals surface area contributed by atoms with Gasteiger partial charge in [-0.3, -0.25) is 0 Å². The molecule has 1 heterocycles. The number of carbonyl (C=O) groups is 1. The van der Waals surface area contributed by atoms with Gasteiger partial charge in [0, 0.05) is 24.1 Å². The maximum Gasteiger partial charge on any atom is 0.338 e. The van der Waals surface area contributed by atoms with Gasteiger partial charge < -0.3 is 14.8 Å². The zero-order valence-corrected chi connectivity index (χ0v) is 20.5. The van der Waals surface area contributed by atoms with Crippen LogP contribution >= 0.6 is 0 Å². The Hall–Kier alpha value is -3.63. The Labute approximate surface area is 206 Å². The van der Waals surface area contributed by atoms with Gasteiger partial charge in [0.05, 0.1) is 12.7 Å². The van der Waals surface area contributed by atoms with Gasteiger partial charge in [-0.15, -0.1) is 0 Å². The van der Waals surface area contributed by atoms with Gasteiger partial charge in [-0.25, -0.2) is 4.79 Å². The maximum atomic E-state index is 12.3. The summed E-state index contributed by atoms with van der Waals surface area (Å²) >= 11 is 0. The Morgan fingerprint density at radius 2 is 1.80 bits per heavy atom. The van der Waals surface area contributed by atoms with E-state index in [0.29, 0.717) is 5.56 Å². The van der Waals surface area contributed by atoms with Crippen LogP contribution in [0.2, 0.25) is 0 Å². The molecule has 0 radical (unpaired) electrons. The maximum absolute atomic E-state index is 12.3. The molecular formula is C31H31NO3. The van der Waals surface area contributed by atoms with E-state index in [1.807, 2.05) is 37.3 Å². The van der Waals surface area contributed by atoms with E-state index in [9.17, 15) is 4.79 Å². The van der Waals surface area contributed by atoms with Gasteiger partial charge in [-0.1, -0.05) is 72.8 Å². The third-order valence-electron chi connectivity index (χ3n) is 7.10. The molecule has 0 unspecified atom stereocenters. The van der Waals surface area contributed by atoms with Crippen molar-refractivity contribution in [1.29, 1.82) is 0 Å². The summed E-state index contributed by atoms with van der Waals surface area (Å²) in [6, 6.07) is 29.5. The zero-order chi connectivity index (χ0) is 24.4. The summed E-state index contributed by atoms with van der Waals surface area (Å²) in [5, 5.41) is 6.24. The van der Waals surface area contributed by atoms with E-state index in [2.05, 4.69) is 66.8 Å². The molecule has 4 aromatic carbocycles. The summed E-state index contributed by atoms with van der Waals surface area (Å²) in [5.74, 6) is 0.754. The fourth-order valence-corrected chi connectivity index (χ4v) is 5.17. The highest BCUT2D eigenvalue weighted by atomic mass is 16.5. The Morgan fingerprint density at radius 3 is 2.66 bits per heavy atom. The second-order valence-corrected chi connectivity index (χ2v) is 9.33. The van der Waals surface area contributed by atoms with Crippen molar-refractivity contribution in [2.75, 3.05) is 13.7 Å². The van der Waals surface area contributed by atoms with E-state index >= 15 is 0 Å². The molecule has 0 aromatic heterocycles. The van der Waals surface area contributed by atoms with Gasteiger partial charge in [-0.2, -0.15) is 0 Å². The van der Waals surface area contributed by atoms with Gasteiger partial charge in [-0.05, 0) is 59.9 Å². The van der Waals surface area contributed by atoms with Crippen molar-refractivity contribution in [2.45, 2.75) is 38.3 Å². The molecule has 35 heavy (non-hydrogen) atoms. The number of aryl methyl sites for hydroxylation is 1. The molecule has 0 saturated heterocycles. The van der Waals surface area contributed by atoms with E-state index in [1.54, 1.807) is 0 Å².